The van der Waals surface area contributed by atoms with Crippen LogP contribution in [-0.2, 0) is 4.74 Å². The summed E-state index contributed by atoms with van der Waals surface area (Å²) in [6, 6.07) is 1.79. The van der Waals surface area contributed by atoms with Gasteiger partial charge in [-0.1, -0.05) is 0 Å². The first-order valence-electron chi connectivity index (χ1n) is 11.9. The fourth-order valence-electron chi connectivity index (χ4n) is 5.15. The number of piperidine rings is 1. The van der Waals surface area contributed by atoms with E-state index < -0.39 is 0 Å². The van der Waals surface area contributed by atoms with E-state index in [1.807, 2.05) is 13.0 Å². The molecule has 2 bridgehead atoms. The average Bonchev–Trinajstić information content (AvgIpc) is 3.26. The molecule has 2 N–H and O–H groups in total. The number of carbonyl (C=O) groups is 1. The van der Waals surface area contributed by atoms with Crippen LogP contribution in [0.15, 0.2) is 29.2 Å². The van der Waals surface area contributed by atoms with Crippen LogP contribution < -0.4 is 10.6 Å². The molecular weight excluding hydrogens is 500 g/mol. The Hall–Kier alpha value is -2.66. The minimum Gasteiger partial charge on any atom is -0.418 e. The zero-order chi connectivity index (χ0) is 23.7. The highest BCUT2D eigenvalue weighted by atomic mass is 79.9. The quantitative estimate of drug-likeness (QED) is 0.493. The third-order valence-electron chi connectivity index (χ3n) is 7.10. The summed E-state index contributed by atoms with van der Waals surface area (Å²) >= 11 is 3.52. The van der Waals surface area contributed by atoms with Gasteiger partial charge in [-0.15, -0.1) is 0 Å². The van der Waals surface area contributed by atoms with Gasteiger partial charge in [-0.3, -0.25) is 4.68 Å². The fourth-order valence-corrected chi connectivity index (χ4v) is 5.48. The number of ether oxygens (including phenoxy) is 1. The van der Waals surface area contributed by atoms with Gasteiger partial charge in [0.05, 0.1) is 28.2 Å². The van der Waals surface area contributed by atoms with Crippen LogP contribution in [0.25, 0.3) is 0 Å². The van der Waals surface area contributed by atoms with Gasteiger partial charge in [0, 0.05) is 44.1 Å². The van der Waals surface area contributed by atoms with Crippen LogP contribution in [0, 0.1) is 6.92 Å². The molecule has 0 aliphatic carbocycles. The highest BCUT2D eigenvalue weighted by Gasteiger charge is 2.39. The Morgan fingerprint density at radius 1 is 1.24 bits per heavy atom. The number of fused-ring (bicyclic) bond motifs is 2. The van der Waals surface area contributed by atoms with Gasteiger partial charge < -0.3 is 25.2 Å². The summed E-state index contributed by atoms with van der Waals surface area (Å²) in [5.41, 5.74) is 1.87. The first kappa shape index (κ1) is 23.1. The molecule has 1 amide bonds. The summed E-state index contributed by atoms with van der Waals surface area (Å²) in [7, 11) is 2.26. The number of hydrogen-bond acceptors (Lipinski definition) is 8. The second-order valence-corrected chi connectivity index (χ2v) is 10.1. The number of nitrogens with one attached hydrogen (secondary N) is 2. The Morgan fingerprint density at radius 2 is 2.03 bits per heavy atom. The van der Waals surface area contributed by atoms with Crippen molar-refractivity contribution in [3.8, 4) is 0 Å². The number of hydrogen-bond donors (Lipinski definition) is 2. The van der Waals surface area contributed by atoms with Crippen molar-refractivity contribution >= 4 is 39.5 Å². The van der Waals surface area contributed by atoms with Crippen molar-refractivity contribution in [2.24, 2.45) is 0 Å². The zero-order valence-corrected chi connectivity index (χ0v) is 21.2. The molecule has 5 rings (SSSR count). The second-order valence-electron chi connectivity index (χ2n) is 9.28. The van der Waals surface area contributed by atoms with Gasteiger partial charge in [-0.05, 0) is 68.1 Å². The fraction of sp³-hybridized carbons (Fsp3) is 0.565. The lowest BCUT2D eigenvalue weighted by molar-refractivity contribution is 0.131. The van der Waals surface area contributed by atoms with E-state index in [2.05, 4.69) is 59.4 Å². The SMILES string of the molecule is Cc1nn(C2CC3CCC(C2)N3C)cc1Nc1ncc(Br)c(NCCCN2CC=COC2=O)n1. The highest BCUT2D eigenvalue weighted by Crippen LogP contribution is 2.40. The largest absolute Gasteiger partial charge is 0.418 e. The van der Waals surface area contributed by atoms with Crippen LogP contribution in [0.4, 0.5) is 22.2 Å². The van der Waals surface area contributed by atoms with Crippen molar-refractivity contribution in [3.05, 3.63) is 34.9 Å². The van der Waals surface area contributed by atoms with Crippen LogP contribution >= 0.6 is 15.9 Å². The van der Waals surface area contributed by atoms with Crippen molar-refractivity contribution in [2.75, 3.05) is 37.3 Å². The standard InChI is InChI=1S/C23H31BrN8O2/c1-15-20(14-32(29-15)18-11-16-5-6-17(12-18)30(16)2)27-22-26-13-19(24)21(28-22)25-7-3-8-31-9-4-10-34-23(31)33/h4,10,13-14,16-18H,3,5-9,11-12H2,1-2H3,(H2,25,26,27,28). The maximum Gasteiger partial charge on any atom is 0.414 e. The molecule has 11 heteroatoms. The summed E-state index contributed by atoms with van der Waals surface area (Å²) in [6.07, 6.45) is 12.5. The third kappa shape index (κ3) is 4.90. The number of aryl methyl sites for hydroxylation is 1. The number of rotatable bonds is 8. The molecule has 2 fully saturated rings. The van der Waals surface area contributed by atoms with Crippen molar-refractivity contribution in [1.82, 2.24) is 29.5 Å². The molecule has 2 unspecified atom stereocenters. The van der Waals surface area contributed by atoms with Gasteiger partial charge >= 0.3 is 6.09 Å². The van der Waals surface area contributed by atoms with E-state index in [-0.39, 0.29) is 6.09 Å². The molecule has 5 heterocycles. The smallest absolute Gasteiger partial charge is 0.414 e. The van der Waals surface area contributed by atoms with Gasteiger partial charge in [-0.2, -0.15) is 10.1 Å². The number of anilines is 3. The monoisotopic (exact) mass is 530 g/mol. The molecule has 0 saturated carbocycles. The van der Waals surface area contributed by atoms with Gasteiger partial charge in [-0.25, -0.2) is 9.78 Å². The van der Waals surface area contributed by atoms with E-state index in [1.165, 1.54) is 19.1 Å². The van der Waals surface area contributed by atoms with Crippen molar-refractivity contribution in [1.29, 1.82) is 0 Å². The number of nitrogens with zero attached hydrogens (tertiary/aromatic N) is 6. The Balaban J connectivity index is 1.18. The number of carbonyl (C=O) groups excluding carboxylic acids is 1. The molecule has 2 saturated heterocycles. The number of halogens is 1. The van der Waals surface area contributed by atoms with Crippen LogP contribution in [0.2, 0.25) is 0 Å². The lowest BCUT2D eigenvalue weighted by atomic mass is 9.98. The minimum absolute atomic E-state index is 0.305. The predicted octanol–water partition coefficient (Wildman–Crippen LogP) is 4.05. The minimum atomic E-state index is -0.305. The van der Waals surface area contributed by atoms with Gasteiger partial charge in [0.25, 0.3) is 0 Å². The van der Waals surface area contributed by atoms with Crippen molar-refractivity contribution in [2.45, 2.75) is 57.2 Å². The maximum atomic E-state index is 11.7. The Kier molecular flexibility index (Phi) is 6.73. The molecule has 3 aliphatic rings. The van der Waals surface area contributed by atoms with Crippen LogP contribution in [-0.4, -0.2) is 74.4 Å². The second kappa shape index (κ2) is 9.91. The van der Waals surface area contributed by atoms with Crippen LogP contribution in [0.5, 0.6) is 0 Å². The number of amides is 1. The molecule has 10 nitrogen and oxygen atoms in total. The number of aromatic nitrogens is 4. The Labute approximate surface area is 207 Å². The average molecular weight is 531 g/mol. The first-order chi connectivity index (χ1) is 16.5. The molecule has 34 heavy (non-hydrogen) atoms. The van der Waals surface area contributed by atoms with E-state index >= 15 is 0 Å². The summed E-state index contributed by atoms with van der Waals surface area (Å²) in [6.45, 7) is 3.87. The third-order valence-corrected chi connectivity index (χ3v) is 7.68. The highest BCUT2D eigenvalue weighted by molar-refractivity contribution is 9.10. The van der Waals surface area contributed by atoms with Crippen molar-refractivity contribution < 1.29 is 9.53 Å². The van der Waals surface area contributed by atoms with Gasteiger partial charge in [0.2, 0.25) is 5.95 Å². The summed E-state index contributed by atoms with van der Waals surface area (Å²) in [5.74, 6) is 1.22. The van der Waals surface area contributed by atoms with Crippen LogP contribution in [0.1, 0.15) is 43.8 Å². The maximum absolute atomic E-state index is 11.7. The topological polar surface area (TPSA) is 100 Å². The summed E-state index contributed by atoms with van der Waals surface area (Å²) in [5, 5.41) is 11.5. The molecule has 0 aromatic carbocycles. The zero-order valence-electron chi connectivity index (χ0n) is 19.6. The summed E-state index contributed by atoms with van der Waals surface area (Å²) < 4.78 is 7.82. The predicted molar refractivity (Wildman–Crippen MR) is 133 cm³/mol. The molecule has 0 radical (unpaired) electrons. The van der Waals surface area contributed by atoms with E-state index in [0.717, 1.165) is 35.1 Å². The molecule has 2 aromatic rings. The lowest BCUT2D eigenvalue weighted by Gasteiger charge is -2.36. The van der Waals surface area contributed by atoms with E-state index in [0.29, 0.717) is 49.5 Å². The normalized spacial score (nSPS) is 24.4. The van der Waals surface area contributed by atoms with E-state index in [1.54, 1.807) is 11.1 Å². The molecule has 3 aliphatic heterocycles. The Bertz CT molecular complexity index is 1060. The van der Waals surface area contributed by atoms with Crippen molar-refractivity contribution in [3.63, 3.8) is 0 Å². The van der Waals surface area contributed by atoms with E-state index in [4.69, 9.17) is 9.84 Å². The molecule has 2 atom stereocenters. The summed E-state index contributed by atoms with van der Waals surface area (Å²) in [4.78, 5) is 25.0. The number of cyclic esters (lactones) is 1. The van der Waals surface area contributed by atoms with Gasteiger partial charge in [0.1, 0.15) is 5.82 Å². The molecule has 0 spiro atoms. The van der Waals surface area contributed by atoms with E-state index in [9.17, 15) is 4.79 Å². The first-order valence-corrected chi connectivity index (χ1v) is 12.7. The Morgan fingerprint density at radius 3 is 2.79 bits per heavy atom. The molecular formula is C23H31BrN8O2. The molecule has 2 aromatic heterocycles. The van der Waals surface area contributed by atoms with Crippen LogP contribution in [0.3, 0.4) is 0 Å². The van der Waals surface area contributed by atoms with Gasteiger partial charge in [0.15, 0.2) is 0 Å². The lowest BCUT2D eigenvalue weighted by Crippen LogP contribution is -2.40. The molecule has 182 valence electrons.